The number of hydrogen-bond donors (Lipinski definition) is 3. The number of likely N-dealkylation sites (N-methyl/N-ethyl adjacent to an activating group) is 1. The molecule has 0 saturated carbocycles. The predicted molar refractivity (Wildman–Crippen MR) is 221 cm³/mol. The lowest BCUT2D eigenvalue weighted by molar-refractivity contribution is -0.276. The normalized spacial score (nSPS) is 18.6. The zero-order valence-corrected chi connectivity index (χ0v) is 32.0. The molecule has 0 aliphatic carbocycles. The summed E-state index contributed by atoms with van der Waals surface area (Å²) in [5, 5.41) is 15.6. The van der Waals surface area contributed by atoms with Crippen LogP contribution < -0.4 is 15.4 Å². The quantitative estimate of drug-likeness (QED) is 0.109. The molecule has 6 aromatic carbocycles. The molecule has 0 unspecified atom stereocenters. The fourth-order valence-corrected chi connectivity index (χ4v) is 7.11. The maximum atomic E-state index is 12.9. The van der Waals surface area contributed by atoms with Crippen molar-refractivity contribution >= 4 is 11.7 Å². The molecule has 1 heterocycles. The molecular weight excluding hydrogens is 699 g/mol. The molecule has 5 atom stereocenters. The van der Waals surface area contributed by atoms with Gasteiger partial charge in [0.2, 0.25) is 0 Å². The van der Waals surface area contributed by atoms with Crippen molar-refractivity contribution in [1.82, 2.24) is 10.2 Å². The Labute approximate surface area is 329 Å². The number of carbonyl (C=O) groups is 1. The topological polar surface area (TPSA) is 92.3 Å². The number of aliphatic hydroxyl groups excluding tert-OH is 1. The van der Waals surface area contributed by atoms with Crippen molar-refractivity contribution in [2.45, 2.75) is 51.5 Å². The molecule has 8 heteroatoms. The lowest BCUT2D eigenvalue weighted by Crippen LogP contribution is -2.44. The number of para-hydroxylation sites is 1. The number of amides is 2. The highest BCUT2D eigenvalue weighted by Crippen LogP contribution is 2.42. The molecule has 0 bridgehead atoms. The van der Waals surface area contributed by atoms with Crippen LogP contribution in [-0.2, 0) is 22.6 Å². The van der Waals surface area contributed by atoms with E-state index in [1.54, 1.807) is 0 Å². The van der Waals surface area contributed by atoms with E-state index >= 15 is 0 Å². The molecule has 1 aliphatic rings. The van der Waals surface area contributed by atoms with E-state index in [-0.39, 0.29) is 36.8 Å². The second-order valence-corrected chi connectivity index (χ2v) is 14.4. The van der Waals surface area contributed by atoms with E-state index in [0.717, 1.165) is 45.7 Å². The molecule has 7 rings (SSSR count). The van der Waals surface area contributed by atoms with Crippen LogP contribution in [0.5, 0.6) is 11.5 Å². The Hall–Kier alpha value is -5.77. The van der Waals surface area contributed by atoms with Crippen LogP contribution in [-0.4, -0.2) is 35.7 Å². The summed E-state index contributed by atoms with van der Waals surface area (Å²) in [7, 11) is 2.15. The van der Waals surface area contributed by atoms with Crippen LogP contribution >= 0.6 is 0 Å². The van der Waals surface area contributed by atoms with Gasteiger partial charge in [-0.25, -0.2) is 4.79 Å². The molecule has 286 valence electrons. The van der Waals surface area contributed by atoms with Gasteiger partial charge in [0.15, 0.2) is 6.29 Å². The Morgan fingerprint density at radius 3 is 2.07 bits per heavy atom. The summed E-state index contributed by atoms with van der Waals surface area (Å²) in [4.78, 5) is 15.3. The lowest BCUT2D eigenvalue weighted by atomic mass is 9.89. The predicted octanol–water partition coefficient (Wildman–Crippen LogP) is 10.4. The monoisotopic (exact) mass is 747 g/mol. The summed E-state index contributed by atoms with van der Waals surface area (Å²) < 4.78 is 19.4. The van der Waals surface area contributed by atoms with Gasteiger partial charge in [-0.2, -0.15) is 0 Å². The Balaban J connectivity index is 1.03. The molecule has 3 N–H and O–H groups in total. The van der Waals surface area contributed by atoms with E-state index in [1.807, 2.05) is 91.0 Å². The highest BCUT2D eigenvalue weighted by atomic mass is 16.7. The van der Waals surface area contributed by atoms with Crippen molar-refractivity contribution < 1.29 is 24.1 Å². The Kier molecular flexibility index (Phi) is 12.5. The summed E-state index contributed by atoms with van der Waals surface area (Å²) in [6.07, 6.45) is -0.886. The van der Waals surface area contributed by atoms with Gasteiger partial charge in [-0.3, -0.25) is 4.90 Å². The largest absolute Gasteiger partial charge is 0.457 e. The number of hydrogen-bond acceptors (Lipinski definition) is 6. The van der Waals surface area contributed by atoms with E-state index in [9.17, 15) is 9.90 Å². The maximum Gasteiger partial charge on any atom is 0.319 e. The molecule has 6 aromatic rings. The minimum Gasteiger partial charge on any atom is -0.457 e. The van der Waals surface area contributed by atoms with Crippen LogP contribution in [0.2, 0.25) is 0 Å². The van der Waals surface area contributed by atoms with Gasteiger partial charge in [0.25, 0.3) is 0 Å². The van der Waals surface area contributed by atoms with E-state index in [4.69, 9.17) is 14.2 Å². The first-order valence-corrected chi connectivity index (χ1v) is 19.2. The number of nitrogens with one attached hydrogen (secondary N) is 2. The molecule has 1 saturated heterocycles. The van der Waals surface area contributed by atoms with Gasteiger partial charge in [-0.05, 0) is 83.8 Å². The maximum absolute atomic E-state index is 12.9. The summed E-state index contributed by atoms with van der Waals surface area (Å²) >= 11 is 0. The summed E-state index contributed by atoms with van der Waals surface area (Å²) in [6.45, 7) is 5.49. The number of rotatable bonds is 13. The van der Waals surface area contributed by atoms with Gasteiger partial charge in [0.05, 0.1) is 18.8 Å². The first kappa shape index (κ1) is 38.5. The van der Waals surface area contributed by atoms with Crippen LogP contribution in [0.3, 0.4) is 0 Å². The summed E-state index contributed by atoms with van der Waals surface area (Å²) in [5.74, 6) is 1.51. The third-order valence-corrected chi connectivity index (χ3v) is 10.6. The zero-order valence-electron chi connectivity index (χ0n) is 32.0. The Morgan fingerprint density at radius 1 is 0.750 bits per heavy atom. The number of anilines is 1. The van der Waals surface area contributed by atoms with E-state index in [1.165, 1.54) is 5.56 Å². The number of nitrogens with zero attached hydrogens (tertiary/aromatic N) is 1. The first-order chi connectivity index (χ1) is 27.3. The number of urea groups is 1. The Morgan fingerprint density at radius 2 is 1.38 bits per heavy atom. The van der Waals surface area contributed by atoms with Gasteiger partial charge >= 0.3 is 6.03 Å². The van der Waals surface area contributed by atoms with Crippen molar-refractivity contribution in [2.75, 3.05) is 18.9 Å². The molecule has 56 heavy (non-hydrogen) atoms. The third-order valence-electron chi connectivity index (χ3n) is 10.6. The van der Waals surface area contributed by atoms with Crippen molar-refractivity contribution in [3.63, 3.8) is 0 Å². The number of carbonyl (C=O) groups excluding carboxylic acids is 1. The molecule has 1 fully saturated rings. The lowest BCUT2D eigenvalue weighted by Gasteiger charge is -2.43. The molecular formula is C48H49N3O5. The minimum absolute atomic E-state index is 0.00287. The van der Waals surface area contributed by atoms with Crippen LogP contribution in [0.15, 0.2) is 158 Å². The standard InChI is InChI=1S/C48H49N3O5/c1-33-45(31-51(3)34(2)36-12-6-4-7-13-36)55-47(56-46(33)38-20-18-35(32-52)19-21-38)39-24-22-37(23-25-39)44-17-11-10-14-40(44)30-49-48(53)50-41-26-28-43(29-27-41)54-42-15-8-5-9-16-42/h4-29,33-34,45-47,52H,30-32H2,1-3H3,(H2,49,50,53)/t33-,34+,45+,46+,47+/m1/s1. The van der Waals surface area contributed by atoms with Crippen molar-refractivity contribution in [2.24, 2.45) is 5.92 Å². The van der Waals surface area contributed by atoms with Crippen molar-refractivity contribution in [3.05, 3.63) is 186 Å². The van der Waals surface area contributed by atoms with Crippen molar-refractivity contribution in [3.8, 4) is 22.6 Å². The van der Waals surface area contributed by atoms with E-state index in [2.05, 4.69) is 103 Å². The van der Waals surface area contributed by atoms with Gasteiger partial charge in [-0.15, -0.1) is 0 Å². The van der Waals surface area contributed by atoms with Crippen LogP contribution in [0.4, 0.5) is 10.5 Å². The van der Waals surface area contributed by atoms with Gasteiger partial charge in [0, 0.05) is 36.3 Å². The van der Waals surface area contributed by atoms with Gasteiger partial charge in [-0.1, -0.05) is 128 Å². The number of ether oxygens (including phenoxy) is 3. The summed E-state index contributed by atoms with van der Waals surface area (Å²) in [5.41, 5.74) is 7.81. The molecule has 2 amide bonds. The first-order valence-electron chi connectivity index (χ1n) is 19.2. The fraction of sp³-hybridized carbons (Fsp3) is 0.229. The zero-order chi connectivity index (χ0) is 38.9. The SMILES string of the molecule is C[C@@H]1[C@H](CN(C)[C@@H](C)c2ccccc2)O[C@H](c2ccc(-c3ccccc3CNC(=O)Nc3ccc(Oc4ccccc4)cc3)cc2)O[C@@H]1c1ccc(CO)cc1. The average molecular weight is 748 g/mol. The van der Waals surface area contributed by atoms with Gasteiger partial charge in [0.1, 0.15) is 11.5 Å². The second kappa shape index (κ2) is 18.2. The molecule has 0 spiro atoms. The summed E-state index contributed by atoms with van der Waals surface area (Å²) in [6, 6.07) is 51.7. The van der Waals surface area contributed by atoms with E-state index in [0.29, 0.717) is 18.0 Å². The Bertz CT molecular complexity index is 2150. The van der Waals surface area contributed by atoms with Gasteiger partial charge < -0.3 is 30.0 Å². The molecule has 1 aliphatic heterocycles. The second-order valence-electron chi connectivity index (χ2n) is 14.4. The highest BCUT2D eigenvalue weighted by molar-refractivity contribution is 5.89. The average Bonchev–Trinajstić information content (AvgIpc) is 3.25. The van der Waals surface area contributed by atoms with Crippen LogP contribution in [0.25, 0.3) is 11.1 Å². The number of aliphatic hydroxyl groups is 1. The minimum atomic E-state index is -0.576. The smallest absolute Gasteiger partial charge is 0.319 e. The number of benzene rings is 6. The van der Waals surface area contributed by atoms with Crippen LogP contribution in [0, 0.1) is 5.92 Å². The fourth-order valence-electron chi connectivity index (χ4n) is 7.11. The van der Waals surface area contributed by atoms with E-state index < -0.39 is 6.29 Å². The highest BCUT2D eigenvalue weighted by Gasteiger charge is 2.39. The van der Waals surface area contributed by atoms with Crippen molar-refractivity contribution in [1.29, 1.82) is 0 Å². The molecule has 0 aromatic heterocycles. The van der Waals surface area contributed by atoms with Crippen LogP contribution in [0.1, 0.15) is 60.1 Å². The molecule has 0 radical (unpaired) electrons. The molecule has 8 nitrogen and oxygen atoms in total. The third kappa shape index (κ3) is 9.53.